The van der Waals surface area contributed by atoms with Crippen molar-refractivity contribution in [2.75, 3.05) is 5.32 Å². The molecule has 2 heterocycles. The highest BCUT2D eigenvalue weighted by Crippen LogP contribution is 2.30. The molecule has 5 nitrogen and oxygen atoms in total. The molecule has 24 heavy (non-hydrogen) atoms. The normalized spacial score (nSPS) is 12.0. The Balaban J connectivity index is 1.81. The van der Waals surface area contributed by atoms with Gasteiger partial charge in [0.1, 0.15) is 17.6 Å². The third-order valence-corrected chi connectivity index (χ3v) is 3.79. The molecule has 3 rings (SSSR count). The van der Waals surface area contributed by atoms with Crippen molar-refractivity contribution in [3.05, 3.63) is 82.6 Å². The molecular weight excluding hydrogens is 333 g/mol. The lowest BCUT2D eigenvalue weighted by Crippen LogP contribution is -2.12. The highest BCUT2D eigenvalue weighted by Gasteiger charge is 2.20. The molecule has 1 unspecified atom stereocenters. The minimum atomic E-state index is -1.28. The Hall–Kier alpha value is -2.70. The Kier molecular flexibility index (Phi) is 4.59. The lowest BCUT2D eigenvalue weighted by Gasteiger charge is -2.12. The number of anilines is 1. The van der Waals surface area contributed by atoms with Crippen LogP contribution in [0.5, 0.6) is 0 Å². The molecule has 0 bridgehead atoms. The van der Waals surface area contributed by atoms with E-state index in [1.165, 1.54) is 36.7 Å². The molecule has 0 aliphatic carbocycles. The number of carbonyl (C=O) groups excluding carboxylic acids is 1. The van der Waals surface area contributed by atoms with Gasteiger partial charge in [-0.25, -0.2) is 4.39 Å². The van der Waals surface area contributed by atoms with Gasteiger partial charge in [0.05, 0.1) is 11.9 Å². The zero-order chi connectivity index (χ0) is 17.1. The molecular formula is C17H13ClFN3O2. The number of halogens is 2. The van der Waals surface area contributed by atoms with Crippen LogP contribution in [0.1, 0.15) is 27.7 Å². The van der Waals surface area contributed by atoms with Crippen LogP contribution in [0.2, 0.25) is 5.02 Å². The molecule has 122 valence electrons. The summed E-state index contributed by atoms with van der Waals surface area (Å²) >= 11 is 5.95. The first-order valence-corrected chi connectivity index (χ1v) is 7.45. The van der Waals surface area contributed by atoms with Crippen molar-refractivity contribution in [3.8, 4) is 0 Å². The van der Waals surface area contributed by atoms with Gasteiger partial charge in [-0.3, -0.25) is 9.78 Å². The summed E-state index contributed by atoms with van der Waals surface area (Å²) in [5.74, 6) is -1.02. The lowest BCUT2D eigenvalue weighted by molar-refractivity contribution is 0.102. The van der Waals surface area contributed by atoms with Crippen LogP contribution in [0.25, 0.3) is 0 Å². The van der Waals surface area contributed by atoms with Crippen LogP contribution >= 0.6 is 11.6 Å². The van der Waals surface area contributed by atoms with Gasteiger partial charge in [-0.1, -0.05) is 17.7 Å². The predicted octanol–water partition coefficient (Wildman–Crippen LogP) is 3.54. The van der Waals surface area contributed by atoms with Gasteiger partial charge in [0, 0.05) is 28.5 Å². The van der Waals surface area contributed by atoms with Crippen molar-refractivity contribution in [2.45, 2.75) is 6.10 Å². The second-order valence-electron chi connectivity index (χ2n) is 5.08. The molecule has 2 aromatic heterocycles. The fourth-order valence-electron chi connectivity index (χ4n) is 2.27. The number of rotatable bonds is 4. The van der Waals surface area contributed by atoms with Crippen LogP contribution in [-0.4, -0.2) is 21.0 Å². The van der Waals surface area contributed by atoms with Crippen molar-refractivity contribution in [2.24, 2.45) is 0 Å². The van der Waals surface area contributed by atoms with Crippen LogP contribution in [0.3, 0.4) is 0 Å². The second kappa shape index (κ2) is 6.82. The van der Waals surface area contributed by atoms with Gasteiger partial charge in [-0.2, -0.15) is 0 Å². The summed E-state index contributed by atoms with van der Waals surface area (Å²) in [5.41, 5.74) is 1.06. The van der Waals surface area contributed by atoms with Gasteiger partial charge < -0.3 is 15.4 Å². The van der Waals surface area contributed by atoms with E-state index in [2.05, 4.69) is 15.3 Å². The molecule has 0 aliphatic heterocycles. The average Bonchev–Trinajstić information content (AvgIpc) is 3.05. The van der Waals surface area contributed by atoms with E-state index >= 15 is 0 Å². The smallest absolute Gasteiger partial charge is 0.272 e. The number of nitrogens with zero attached hydrogens (tertiary/aromatic N) is 1. The maximum absolute atomic E-state index is 13.9. The number of H-pyrrole nitrogens is 1. The molecule has 1 atom stereocenters. The second-order valence-corrected chi connectivity index (χ2v) is 5.49. The predicted molar refractivity (Wildman–Crippen MR) is 88.5 cm³/mol. The van der Waals surface area contributed by atoms with Crippen molar-refractivity contribution in [1.82, 2.24) is 9.97 Å². The maximum atomic E-state index is 13.9. The van der Waals surface area contributed by atoms with Crippen molar-refractivity contribution < 1.29 is 14.3 Å². The van der Waals surface area contributed by atoms with E-state index in [4.69, 9.17) is 11.6 Å². The molecule has 1 aromatic carbocycles. The summed E-state index contributed by atoms with van der Waals surface area (Å²) < 4.78 is 13.9. The van der Waals surface area contributed by atoms with Gasteiger partial charge in [-0.05, 0) is 30.3 Å². The Bertz CT molecular complexity index is 847. The maximum Gasteiger partial charge on any atom is 0.272 e. The molecule has 0 fully saturated rings. The summed E-state index contributed by atoms with van der Waals surface area (Å²) in [6, 6.07) is 9.00. The molecule has 0 saturated heterocycles. The first-order valence-electron chi connectivity index (χ1n) is 7.08. The fraction of sp³-hybridized carbons (Fsp3) is 0.0588. The minimum Gasteiger partial charge on any atom is -0.383 e. The number of aromatic amines is 1. The molecule has 1 amide bonds. The number of hydrogen-bond donors (Lipinski definition) is 3. The van der Waals surface area contributed by atoms with E-state index in [1.807, 2.05) is 0 Å². The molecule has 0 spiro atoms. The third-order valence-electron chi connectivity index (χ3n) is 3.46. The van der Waals surface area contributed by atoms with E-state index in [-0.39, 0.29) is 16.3 Å². The number of pyridine rings is 1. The molecule has 3 aromatic rings. The van der Waals surface area contributed by atoms with Crippen molar-refractivity contribution in [1.29, 1.82) is 0 Å². The topological polar surface area (TPSA) is 78.0 Å². The average molecular weight is 346 g/mol. The monoisotopic (exact) mass is 345 g/mol. The van der Waals surface area contributed by atoms with Crippen LogP contribution < -0.4 is 5.32 Å². The number of nitrogens with one attached hydrogen (secondary N) is 2. The number of amides is 1. The van der Waals surface area contributed by atoms with Crippen LogP contribution in [0, 0.1) is 5.82 Å². The van der Waals surface area contributed by atoms with Crippen molar-refractivity contribution >= 4 is 23.2 Å². The number of aliphatic hydroxyl groups is 1. The Morgan fingerprint density at radius 2 is 2.17 bits per heavy atom. The molecule has 0 radical (unpaired) electrons. The Labute approximate surface area is 142 Å². The Morgan fingerprint density at radius 3 is 2.88 bits per heavy atom. The van der Waals surface area contributed by atoms with E-state index in [9.17, 15) is 14.3 Å². The first kappa shape index (κ1) is 16.2. The zero-order valence-electron chi connectivity index (χ0n) is 12.3. The number of hydrogen-bond acceptors (Lipinski definition) is 3. The van der Waals surface area contributed by atoms with Crippen LogP contribution in [0.4, 0.5) is 10.1 Å². The quantitative estimate of drug-likeness (QED) is 0.676. The van der Waals surface area contributed by atoms with Gasteiger partial charge in [0.2, 0.25) is 0 Å². The summed E-state index contributed by atoms with van der Waals surface area (Å²) in [6.07, 6.45) is 3.26. The summed E-state index contributed by atoms with van der Waals surface area (Å²) in [4.78, 5) is 18.8. The highest BCUT2D eigenvalue weighted by molar-refractivity contribution is 6.31. The number of benzene rings is 1. The number of aromatic nitrogens is 2. The van der Waals surface area contributed by atoms with E-state index < -0.39 is 17.8 Å². The van der Waals surface area contributed by atoms with Gasteiger partial charge in [0.15, 0.2) is 0 Å². The lowest BCUT2D eigenvalue weighted by atomic mass is 10.0. The standard InChI is InChI=1S/C17H13ClFN3O2/c18-12-4-1-5-13(19)15(12)16(23)10-7-14(21-8-10)17(24)22-11-3-2-6-20-9-11/h1-9,16,21,23H,(H,22,24). The van der Waals surface area contributed by atoms with Gasteiger partial charge in [0.25, 0.3) is 5.91 Å². The van der Waals surface area contributed by atoms with Gasteiger partial charge in [-0.15, -0.1) is 0 Å². The first-order chi connectivity index (χ1) is 11.6. The highest BCUT2D eigenvalue weighted by atomic mass is 35.5. The minimum absolute atomic E-state index is 0.0302. The molecule has 3 N–H and O–H groups in total. The Morgan fingerprint density at radius 1 is 1.33 bits per heavy atom. The van der Waals surface area contributed by atoms with E-state index in [0.717, 1.165) is 0 Å². The van der Waals surface area contributed by atoms with Crippen LogP contribution in [-0.2, 0) is 0 Å². The van der Waals surface area contributed by atoms with E-state index in [1.54, 1.807) is 18.3 Å². The van der Waals surface area contributed by atoms with E-state index in [0.29, 0.717) is 11.3 Å². The third kappa shape index (κ3) is 3.29. The molecule has 0 aliphatic rings. The molecule has 7 heteroatoms. The molecule has 0 saturated carbocycles. The zero-order valence-corrected chi connectivity index (χ0v) is 13.1. The fourth-order valence-corrected chi connectivity index (χ4v) is 2.54. The van der Waals surface area contributed by atoms with Gasteiger partial charge >= 0.3 is 0 Å². The van der Waals surface area contributed by atoms with Crippen LogP contribution in [0.15, 0.2) is 55.0 Å². The largest absolute Gasteiger partial charge is 0.383 e. The summed E-state index contributed by atoms with van der Waals surface area (Å²) in [7, 11) is 0. The number of carbonyl (C=O) groups is 1. The summed E-state index contributed by atoms with van der Waals surface area (Å²) in [5, 5.41) is 13.1. The SMILES string of the molecule is O=C(Nc1cccnc1)c1cc(C(O)c2c(F)cccc2Cl)c[nH]1. The number of aliphatic hydroxyl groups excluding tert-OH is 1. The van der Waals surface area contributed by atoms with Crippen molar-refractivity contribution in [3.63, 3.8) is 0 Å². The summed E-state index contributed by atoms with van der Waals surface area (Å²) in [6.45, 7) is 0.